The van der Waals surface area contributed by atoms with Crippen molar-refractivity contribution in [3.63, 3.8) is 0 Å². The van der Waals surface area contributed by atoms with Crippen molar-refractivity contribution in [2.24, 2.45) is 0 Å². The maximum atomic E-state index is 12.1. The molecule has 0 saturated carbocycles. The number of methoxy groups -OCH3 is 1. The Balaban J connectivity index is 1.81. The van der Waals surface area contributed by atoms with Crippen molar-refractivity contribution in [2.45, 2.75) is 19.5 Å². The van der Waals surface area contributed by atoms with Crippen LogP contribution in [0.2, 0.25) is 0 Å². The zero-order valence-corrected chi connectivity index (χ0v) is 12.1. The molecule has 6 heteroatoms. The summed E-state index contributed by atoms with van der Waals surface area (Å²) in [5, 5.41) is 6.24. The van der Waals surface area contributed by atoms with E-state index in [1.54, 1.807) is 19.4 Å². The fraction of sp³-hybridized carbons (Fsp3) is 0.571. The Hall–Kier alpha value is -1.66. The van der Waals surface area contributed by atoms with E-state index in [4.69, 9.17) is 4.74 Å². The second-order valence-electron chi connectivity index (χ2n) is 4.89. The summed E-state index contributed by atoms with van der Waals surface area (Å²) in [7, 11) is 1.58. The van der Waals surface area contributed by atoms with Gasteiger partial charge in [-0.3, -0.25) is 9.69 Å². The zero-order valence-electron chi connectivity index (χ0n) is 12.1. The molecule has 110 valence electrons. The van der Waals surface area contributed by atoms with Crippen LogP contribution < -0.4 is 15.4 Å². The number of aromatic nitrogens is 1. The smallest absolute Gasteiger partial charge is 0.237 e. The molecule has 2 rings (SSSR count). The van der Waals surface area contributed by atoms with Crippen molar-refractivity contribution in [3.05, 3.63) is 23.9 Å². The van der Waals surface area contributed by atoms with E-state index in [1.165, 1.54) is 0 Å². The number of nitrogens with zero attached hydrogens (tertiary/aromatic N) is 2. The minimum atomic E-state index is -0.0942. The number of hydrogen-bond acceptors (Lipinski definition) is 5. The molecule has 1 amide bonds. The predicted molar refractivity (Wildman–Crippen MR) is 76.5 cm³/mol. The van der Waals surface area contributed by atoms with E-state index in [0.717, 1.165) is 31.7 Å². The molecule has 0 aromatic carbocycles. The number of carbonyl (C=O) groups is 1. The van der Waals surface area contributed by atoms with Gasteiger partial charge in [0.05, 0.1) is 13.2 Å². The van der Waals surface area contributed by atoms with Crippen LogP contribution in [-0.2, 0) is 11.3 Å². The monoisotopic (exact) mass is 278 g/mol. The number of pyridine rings is 1. The molecule has 0 spiro atoms. The lowest BCUT2D eigenvalue weighted by Crippen LogP contribution is -2.52. The number of nitrogens with one attached hydrogen (secondary N) is 2. The minimum Gasteiger partial charge on any atom is -0.481 e. The van der Waals surface area contributed by atoms with Crippen LogP contribution in [0, 0.1) is 0 Å². The van der Waals surface area contributed by atoms with Gasteiger partial charge < -0.3 is 15.4 Å². The van der Waals surface area contributed by atoms with Crippen LogP contribution in [0.4, 0.5) is 0 Å². The first-order valence-corrected chi connectivity index (χ1v) is 6.92. The topological polar surface area (TPSA) is 66.5 Å². The first-order valence-electron chi connectivity index (χ1n) is 6.92. The van der Waals surface area contributed by atoms with Crippen LogP contribution >= 0.6 is 0 Å². The third-order valence-electron chi connectivity index (χ3n) is 3.55. The van der Waals surface area contributed by atoms with Crippen molar-refractivity contribution in [1.29, 1.82) is 0 Å². The summed E-state index contributed by atoms with van der Waals surface area (Å²) in [5.41, 5.74) is 0.965. The zero-order chi connectivity index (χ0) is 14.4. The highest BCUT2D eigenvalue weighted by Gasteiger charge is 2.22. The van der Waals surface area contributed by atoms with Crippen molar-refractivity contribution in [3.8, 4) is 5.88 Å². The Morgan fingerprint density at radius 3 is 2.85 bits per heavy atom. The van der Waals surface area contributed by atoms with Gasteiger partial charge >= 0.3 is 0 Å². The Bertz CT molecular complexity index is 429. The number of rotatable bonds is 5. The van der Waals surface area contributed by atoms with Crippen molar-refractivity contribution in [2.75, 3.05) is 33.3 Å². The maximum absolute atomic E-state index is 12.1. The fourth-order valence-electron chi connectivity index (χ4n) is 2.21. The SMILES string of the molecule is COc1ccc(CNC(=O)C(C)N2CCNCC2)cn1. The molecular weight excluding hydrogens is 256 g/mol. The maximum Gasteiger partial charge on any atom is 0.237 e. The van der Waals surface area contributed by atoms with E-state index in [-0.39, 0.29) is 11.9 Å². The van der Waals surface area contributed by atoms with E-state index < -0.39 is 0 Å². The van der Waals surface area contributed by atoms with Crippen molar-refractivity contribution < 1.29 is 9.53 Å². The third kappa shape index (κ3) is 3.91. The Morgan fingerprint density at radius 1 is 1.50 bits per heavy atom. The van der Waals surface area contributed by atoms with Gasteiger partial charge in [0.1, 0.15) is 0 Å². The Kier molecular flexibility index (Phi) is 5.31. The number of carbonyl (C=O) groups excluding carboxylic acids is 1. The molecule has 0 radical (unpaired) electrons. The summed E-state index contributed by atoms with van der Waals surface area (Å²) in [4.78, 5) is 18.4. The average molecular weight is 278 g/mol. The number of ether oxygens (including phenoxy) is 1. The molecule has 0 bridgehead atoms. The molecule has 2 N–H and O–H groups in total. The highest BCUT2D eigenvalue weighted by Crippen LogP contribution is 2.07. The molecular formula is C14H22N4O2. The van der Waals surface area contributed by atoms with E-state index in [9.17, 15) is 4.79 Å². The van der Waals surface area contributed by atoms with Gasteiger partial charge in [-0.15, -0.1) is 0 Å². The lowest BCUT2D eigenvalue weighted by molar-refractivity contribution is -0.126. The van der Waals surface area contributed by atoms with Gasteiger partial charge in [-0.05, 0) is 12.5 Å². The van der Waals surface area contributed by atoms with Gasteiger partial charge in [-0.1, -0.05) is 6.07 Å². The molecule has 1 aromatic rings. The molecule has 20 heavy (non-hydrogen) atoms. The van der Waals surface area contributed by atoms with E-state index >= 15 is 0 Å². The van der Waals surface area contributed by atoms with Gasteiger partial charge in [-0.25, -0.2) is 4.98 Å². The first kappa shape index (κ1) is 14.7. The van der Waals surface area contributed by atoms with Crippen LogP contribution in [0.15, 0.2) is 18.3 Å². The van der Waals surface area contributed by atoms with E-state index in [2.05, 4.69) is 20.5 Å². The molecule has 1 saturated heterocycles. The number of amides is 1. The van der Waals surface area contributed by atoms with E-state index in [0.29, 0.717) is 12.4 Å². The summed E-state index contributed by atoms with van der Waals surface area (Å²) < 4.78 is 5.00. The summed E-state index contributed by atoms with van der Waals surface area (Å²) in [5.74, 6) is 0.636. The highest BCUT2D eigenvalue weighted by molar-refractivity contribution is 5.81. The summed E-state index contributed by atoms with van der Waals surface area (Å²) in [6.45, 7) is 6.16. The second kappa shape index (κ2) is 7.21. The molecule has 6 nitrogen and oxygen atoms in total. The van der Waals surface area contributed by atoms with Gasteiger partial charge in [-0.2, -0.15) is 0 Å². The van der Waals surface area contributed by atoms with Gasteiger partial charge in [0.2, 0.25) is 11.8 Å². The van der Waals surface area contributed by atoms with Crippen LogP contribution in [0.5, 0.6) is 5.88 Å². The minimum absolute atomic E-state index is 0.0581. The number of hydrogen-bond donors (Lipinski definition) is 2. The molecule has 2 heterocycles. The molecule has 1 fully saturated rings. The van der Waals surface area contributed by atoms with Crippen molar-refractivity contribution in [1.82, 2.24) is 20.5 Å². The van der Waals surface area contributed by atoms with Crippen LogP contribution in [0.1, 0.15) is 12.5 Å². The average Bonchev–Trinajstić information content (AvgIpc) is 2.53. The second-order valence-corrected chi connectivity index (χ2v) is 4.89. The molecule has 1 unspecified atom stereocenters. The van der Waals surface area contributed by atoms with E-state index in [1.807, 2.05) is 13.0 Å². The lowest BCUT2D eigenvalue weighted by atomic mass is 10.2. The summed E-state index contributed by atoms with van der Waals surface area (Å²) in [6, 6.07) is 3.60. The molecule has 1 aromatic heterocycles. The number of piperazine rings is 1. The molecule has 1 aliphatic heterocycles. The quantitative estimate of drug-likeness (QED) is 0.793. The van der Waals surface area contributed by atoms with Crippen molar-refractivity contribution >= 4 is 5.91 Å². The summed E-state index contributed by atoms with van der Waals surface area (Å²) >= 11 is 0. The van der Waals surface area contributed by atoms with Gasteiger partial charge in [0, 0.05) is 45.0 Å². The molecule has 1 aliphatic rings. The molecule has 0 aliphatic carbocycles. The van der Waals surface area contributed by atoms with Gasteiger partial charge in [0.15, 0.2) is 0 Å². The predicted octanol–water partition coefficient (Wildman–Crippen LogP) is 0.000100. The van der Waals surface area contributed by atoms with Crippen LogP contribution in [0.25, 0.3) is 0 Å². The third-order valence-corrected chi connectivity index (χ3v) is 3.55. The van der Waals surface area contributed by atoms with Crippen LogP contribution in [-0.4, -0.2) is 55.1 Å². The normalized spacial score (nSPS) is 17.5. The fourth-order valence-corrected chi connectivity index (χ4v) is 2.21. The standard InChI is InChI=1S/C14H22N4O2/c1-11(18-7-5-15-6-8-18)14(19)17-10-12-3-4-13(20-2)16-9-12/h3-4,9,11,15H,5-8,10H2,1-2H3,(H,17,19). The Morgan fingerprint density at radius 2 is 2.25 bits per heavy atom. The van der Waals surface area contributed by atoms with Gasteiger partial charge in [0.25, 0.3) is 0 Å². The Labute approximate surface area is 119 Å². The molecule has 1 atom stereocenters. The summed E-state index contributed by atoms with van der Waals surface area (Å²) in [6.07, 6.45) is 1.72. The van der Waals surface area contributed by atoms with Crippen LogP contribution in [0.3, 0.4) is 0 Å². The lowest BCUT2D eigenvalue weighted by Gasteiger charge is -2.31. The highest BCUT2D eigenvalue weighted by atomic mass is 16.5. The largest absolute Gasteiger partial charge is 0.481 e. The first-order chi connectivity index (χ1) is 9.70.